The molecule has 2 nitrogen and oxygen atoms in total. The van der Waals surface area contributed by atoms with E-state index in [1.165, 1.54) is 10.8 Å². The van der Waals surface area contributed by atoms with E-state index < -0.39 is 0 Å². The van der Waals surface area contributed by atoms with Crippen LogP contribution in [0.2, 0.25) is 0 Å². The number of benzene rings is 10. The van der Waals surface area contributed by atoms with Crippen molar-refractivity contribution >= 4 is 71.3 Å². The van der Waals surface area contributed by atoms with E-state index in [1.807, 2.05) is 89.8 Å². The molecule has 0 aliphatic heterocycles. The van der Waals surface area contributed by atoms with Crippen molar-refractivity contribution in [1.82, 2.24) is 0 Å². The first-order valence-corrected chi connectivity index (χ1v) is 18.8. The normalized spacial score (nSPS) is 12.6. The molecule has 0 aliphatic carbocycles. The molecule has 0 bridgehead atoms. The Morgan fingerprint density at radius 2 is 0.946 bits per heavy atom. The standard InChI is InChI=1S/C54H35NO/c1-3-12-42-33-45(25-23-36(42)9-1)40-21-19-38(20-22-40)39-27-30-47(31-28-39)55(48-15-7-14-44(35-48)46-26-24-37-10-2-4-13-43(37)34-46)51-17-8-18-52-53(51)50-32-29-41-11-5-6-16-49(41)54(50)56-52/h1-35H/i7D,14D,15D,35D. The van der Waals surface area contributed by atoms with E-state index in [1.54, 1.807) is 0 Å². The molecule has 0 unspecified atom stereocenters. The topological polar surface area (TPSA) is 16.4 Å². The van der Waals surface area contributed by atoms with Crippen LogP contribution in [0, 0.1) is 0 Å². The summed E-state index contributed by atoms with van der Waals surface area (Å²) in [6.07, 6.45) is 0. The lowest BCUT2D eigenvalue weighted by Gasteiger charge is -2.27. The summed E-state index contributed by atoms with van der Waals surface area (Å²) in [5.74, 6) is 0. The van der Waals surface area contributed by atoms with Gasteiger partial charge in [0.15, 0.2) is 0 Å². The van der Waals surface area contributed by atoms with Crippen LogP contribution in [0.1, 0.15) is 5.48 Å². The Bertz CT molecular complexity index is 3480. The van der Waals surface area contributed by atoms with Gasteiger partial charge >= 0.3 is 0 Å². The molecule has 1 heterocycles. The summed E-state index contributed by atoms with van der Waals surface area (Å²) in [5.41, 5.74) is 8.38. The number of anilines is 3. The minimum absolute atomic E-state index is 0.000102. The Balaban J connectivity index is 1.09. The maximum Gasteiger partial charge on any atom is 0.143 e. The summed E-state index contributed by atoms with van der Waals surface area (Å²) in [4.78, 5) is 1.91. The third kappa shape index (κ3) is 5.51. The second-order valence-electron chi connectivity index (χ2n) is 14.2. The van der Waals surface area contributed by atoms with Gasteiger partial charge in [-0.15, -0.1) is 0 Å². The molecule has 0 radical (unpaired) electrons. The molecule has 10 aromatic carbocycles. The van der Waals surface area contributed by atoms with Gasteiger partial charge in [-0.3, -0.25) is 0 Å². The Kier molecular flexibility index (Phi) is 6.60. The van der Waals surface area contributed by atoms with E-state index in [9.17, 15) is 2.74 Å². The second-order valence-corrected chi connectivity index (χ2v) is 14.2. The summed E-state index contributed by atoms with van der Waals surface area (Å²) < 4.78 is 44.2. The van der Waals surface area contributed by atoms with Crippen molar-refractivity contribution in [3.63, 3.8) is 0 Å². The molecule has 0 N–H and O–H groups in total. The molecule has 0 fully saturated rings. The van der Waals surface area contributed by atoms with Gasteiger partial charge in [-0.2, -0.15) is 0 Å². The fourth-order valence-electron chi connectivity index (χ4n) is 8.07. The highest BCUT2D eigenvalue weighted by Crippen LogP contribution is 2.45. The van der Waals surface area contributed by atoms with Crippen LogP contribution in [0.5, 0.6) is 0 Å². The van der Waals surface area contributed by atoms with Gasteiger partial charge < -0.3 is 9.32 Å². The number of rotatable bonds is 6. The Morgan fingerprint density at radius 3 is 1.64 bits per heavy atom. The first-order valence-electron chi connectivity index (χ1n) is 20.8. The molecule has 0 amide bonds. The van der Waals surface area contributed by atoms with Crippen LogP contribution < -0.4 is 4.90 Å². The zero-order valence-electron chi connectivity index (χ0n) is 34.3. The molecule has 0 saturated heterocycles. The lowest BCUT2D eigenvalue weighted by Crippen LogP contribution is -2.10. The van der Waals surface area contributed by atoms with Gasteiger partial charge in [0, 0.05) is 22.1 Å². The first-order chi connectivity index (χ1) is 29.4. The van der Waals surface area contributed by atoms with Crippen molar-refractivity contribution in [1.29, 1.82) is 0 Å². The summed E-state index contributed by atoms with van der Waals surface area (Å²) in [5, 5.41) is 8.23. The molecule has 0 atom stereocenters. The second kappa shape index (κ2) is 13.2. The zero-order chi connectivity index (χ0) is 40.5. The number of hydrogen-bond donors (Lipinski definition) is 0. The number of furan rings is 1. The average molecular weight is 718 g/mol. The average Bonchev–Trinajstić information content (AvgIpc) is 3.70. The summed E-state index contributed by atoms with van der Waals surface area (Å²) in [7, 11) is 0. The van der Waals surface area contributed by atoms with Gasteiger partial charge in [-0.25, -0.2) is 0 Å². The van der Waals surface area contributed by atoms with Crippen molar-refractivity contribution in [3.05, 3.63) is 212 Å². The molecule has 0 saturated carbocycles. The van der Waals surface area contributed by atoms with Crippen molar-refractivity contribution in [3.8, 4) is 33.4 Å². The van der Waals surface area contributed by atoms with E-state index in [-0.39, 0.29) is 29.9 Å². The van der Waals surface area contributed by atoms with Crippen LogP contribution in [0.15, 0.2) is 217 Å². The third-order valence-corrected chi connectivity index (χ3v) is 10.9. The fourth-order valence-corrected chi connectivity index (χ4v) is 8.07. The van der Waals surface area contributed by atoms with E-state index >= 15 is 0 Å². The number of nitrogens with zero attached hydrogens (tertiary/aromatic N) is 1. The molecular weight excluding hydrogens is 679 g/mol. The molecule has 56 heavy (non-hydrogen) atoms. The Labute approximate surface area is 330 Å². The molecule has 262 valence electrons. The number of hydrogen-bond acceptors (Lipinski definition) is 2. The highest BCUT2D eigenvalue weighted by atomic mass is 16.3. The summed E-state index contributed by atoms with van der Waals surface area (Å²) in [6.45, 7) is 0. The van der Waals surface area contributed by atoms with Gasteiger partial charge in [0.1, 0.15) is 11.2 Å². The molecule has 1 aromatic heterocycles. The molecule has 11 aromatic rings. The van der Waals surface area contributed by atoms with E-state index in [4.69, 9.17) is 7.16 Å². The molecule has 2 heteroatoms. The smallest absolute Gasteiger partial charge is 0.143 e. The van der Waals surface area contributed by atoms with Gasteiger partial charge in [-0.1, -0.05) is 158 Å². The van der Waals surface area contributed by atoms with Crippen molar-refractivity contribution in [2.24, 2.45) is 0 Å². The minimum Gasteiger partial charge on any atom is -0.455 e. The van der Waals surface area contributed by atoms with Gasteiger partial charge in [0.05, 0.1) is 16.6 Å². The van der Waals surface area contributed by atoms with E-state index in [0.717, 1.165) is 60.2 Å². The summed E-state index contributed by atoms with van der Waals surface area (Å²) in [6, 6.07) is 63.1. The zero-order valence-corrected chi connectivity index (χ0v) is 30.3. The van der Waals surface area contributed by atoms with Crippen molar-refractivity contribution in [2.45, 2.75) is 0 Å². The van der Waals surface area contributed by atoms with Crippen LogP contribution in [-0.2, 0) is 0 Å². The SMILES string of the molecule is [2H]c1c([2H])c(-c2ccc3ccccc3c2)c([2H])c(N(c2ccc(-c3ccc(-c4ccc5ccccc5c4)cc3)cc2)c2cccc3oc4c5ccccc5ccc4c23)c1[2H]. The molecular formula is C54H35NO. The van der Waals surface area contributed by atoms with Crippen LogP contribution in [0.25, 0.3) is 87.6 Å². The predicted octanol–water partition coefficient (Wildman–Crippen LogP) is 15.5. The fraction of sp³-hybridized carbons (Fsp3) is 0. The van der Waals surface area contributed by atoms with Crippen molar-refractivity contribution < 1.29 is 9.90 Å². The van der Waals surface area contributed by atoms with Gasteiger partial charge in [-0.05, 0) is 115 Å². The van der Waals surface area contributed by atoms with Gasteiger partial charge in [0.2, 0.25) is 0 Å². The quantitative estimate of drug-likeness (QED) is 0.170. The molecule has 0 aliphatic rings. The van der Waals surface area contributed by atoms with Crippen LogP contribution in [0.4, 0.5) is 17.1 Å². The van der Waals surface area contributed by atoms with Gasteiger partial charge in [0.25, 0.3) is 0 Å². The Hall–Kier alpha value is -7.42. The van der Waals surface area contributed by atoms with Crippen LogP contribution >= 0.6 is 0 Å². The first kappa shape index (κ1) is 28.1. The largest absolute Gasteiger partial charge is 0.455 e. The monoisotopic (exact) mass is 717 g/mol. The lowest BCUT2D eigenvalue weighted by molar-refractivity contribution is 0.672. The number of fused-ring (bicyclic) bond motifs is 7. The lowest BCUT2D eigenvalue weighted by atomic mass is 9.98. The highest BCUT2D eigenvalue weighted by Gasteiger charge is 2.21. The highest BCUT2D eigenvalue weighted by molar-refractivity contribution is 6.19. The van der Waals surface area contributed by atoms with Crippen LogP contribution in [0.3, 0.4) is 0 Å². The van der Waals surface area contributed by atoms with Crippen LogP contribution in [-0.4, -0.2) is 0 Å². The molecule has 0 spiro atoms. The Morgan fingerprint density at radius 1 is 0.393 bits per heavy atom. The van der Waals surface area contributed by atoms with E-state index in [2.05, 4.69) is 103 Å². The summed E-state index contributed by atoms with van der Waals surface area (Å²) >= 11 is 0. The maximum absolute atomic E-state index is 9.87. The predicted molar refractivity (Wildman–Crippen MR) is 237 cm³/mol. The maximum atomic E-state index is 9.87. The molecule has 11 rings (SSSR count). The van der Waals surface area contributed by atoms with E-state index in [0.29, 0.717) is 28.1 Å². The minimum atomic E-state index is -0.243. The third-order valence-electron chi connectivity index (χ3n) is 10.9. The van der Waals surface area contributed by atoms with Crippen molar-refractivity contribution in [2.75, 3.05) is 4.90 Å².